The van der Waals surface area contributed by atoms with Crippen LogP contribution >= 0.6 is 0 Å². The number of carbonyl (C=O) groups is 1. The van der Waals surface area contributed by atoms with Gasteiger partial charge in [-0.2, -0.15) is 0 Å². The highest BCUT2D eigenvalue weighted by Gasteiger charge is 2.29. The minimum atomic E-state index is 0.136. The summed E-state index contributed by atoms with van der Waals surface area (Å²) in [6.07, 6.45) is 0.486. The summed E-state index contributed by atoms with van der Waals surface area (Å²) in [5, 5.41) is 0. The van der Waals surface area contributed by atoms with Gasteiger partial charge in [0.1, 0.15) is 0 Å². The molecule has 2 unspecified atom stereocenters. The van der Waals surface area contributed by atoms with E-state index in [0.717, 1.165) is 12.1 Å². The molecule has 0 bridgehead atoms. The first-order valence-electron chi connectivity index (χ1n) is 6.15. The van der Waals surface area contributed by atoms with E-state index in [2.05, 4.69) is 6.92 Å². The van der Waals surface area contributed by atoms with E-state index in [1.54, 1.807) is 0 Å². The van der Waals surface area contributed by atoms with E-state index in [1.165, 1.54) is 5.56 Å². The molecule has 0 aromatic heterocycles. The van der Waals surface area contributed by atoms with Gasteiger partial charge >= 0.3 is 0 Å². The van der Waals surface area contributed by atoms with Crippen LogP contribution in [0.5, 0.6) is 0 Å². The fraction of sp³-hybridized carbons (Fsp3) is 0.500. The highest BCUT2D eigenvalue weighted by atomic mass is 16.2. The van der Waals surface area contributed by atoms with Gasteiger partial charge in [-0.15, -0.1) is 0 Å². The lowest BCUT2D eigenvalue weighted by atomic mass is 10.1. The van der Waals surface area contributed by atoms with Crippen LogP contribution in [0.1, 0.15) is 18.1 Å². The third-order valence-corrected chi connectivity index (χ3v) is 3.50. The molecular formula is C14H20N2O. The third-order valence-electron chi connectivity index (χ3n) is 3.50. The average Bonchev–Trinajstić information content (AvgIpc) is 2.63. The Kier molecular flexibility index (Phi) is 3.48. The van der Waals surface area contributed by atoms with E-state index in [-0.39, 0.29) is 11.9 Å². The van der Waals surface area contributed by atoms with Crippen LogP contribution in [-0.4, -0.2) is 29.9 Å². The lowest BCUT2D eigenvalue weighted by Crippen LogP contribution is -2.33. The molecule has 1 fully saturated rings. The molecule has 1 aromatic carbocycles. The minimum absolute atomic E-state index is 0.136. The van der Waals surface area contributed by atoms with Crippen LogP contribution in [-0.2, 0) is 11.2 Å². The first kappa shape index (κ1) is 12.1. The molecule has 0 spiro atoms. The van der Waals surface area contributed by atoms with Gasteiger partial charge < -0.3 is 10.6 Å². The molecule has 1 heterocycles. The molecular weight excluding hydrogens is 212 g/mol. The zero-order valence-electron chi connectivity index (χ0n) is 10.5. The van der Waals surface area contributed by atoms with Crippen molar-refractivity contribution < 1.29 is 4.79 Å². The quantitative estimate of drug-likeness (QED) is 0.836. The first-order chi connectivity index (χ1) is 8.06. The van der Waals surface area contributed by atoms with Gasteiger partial charge in [0.2, 0.25) is 5.91 Å². The van der Waals surface area contributed by atoms with Gasteiger partial charge in [-0.25, -0.2) is 0 Å². The molecule has 1 saturated heterocycles. The number of aryl methyl sites for hydroxylation is 1. The maximum absolute atomic E-state index is 12.1. The Hall–Kier alpha value is -1.35. The summed E-state index contributed by atoms with van der Waals surface area (Å²) in [7, 11) is 0. The van der Waals surface area contributed by atoms with Crippen LogP contribution in [0.25, 0.3) is 0 Å². The van der Waals surface area contributed by atoms with Crippen molar-refractivity contribution in [3.63, 3.8) is 0 Å². The molecule has 2 rings (SSSR count). The van der Waals surface area contributed by atoms with Gasteiger partial charge in [0, 0.05) is 19.1 Å². The summed E-state index contributed by atoms with van der Waals surface area (Å²) < 4.78 is 0. The summed E-state index contributed by atoms with van der Waals surface area (Å²) in [5.74, 6) is 0.602. The maximum atomic E-state index is 12.1. The number of amides is 1. The minimum Gasteiger partial charge on any atom is -0.341 e. The molecule has 3 nitrogen and oxygen atoms in total. The van der Waals surface area contributed by atoms with Crippen molar-refractivity contribution in [1.82, 2.24) is 4.90 Å². The number of hydrogen-bond acceptors (Lipinski definition) is 2. The molecule has 2 N–H and O–H groups in total. The number of rotatable bonds is 2. The lowest BCUT2D eigenvalue weighted by molar-refractivity contribution is -0.129. The number of likely N-dealkylation sites (tertiary alicyclic amines) is 1. The lowest BCUT2D eigenvalue weighted by Gasteiger charge is -2.15. The molecule has 2 atom stereocenters. The van der Waals surface area contributed by atoms with Crippen molar-refractivity contribution >= 4 is 5.91 Å². The van der Waals surface area contributed by atoms with Crippen LogP contribution < -0.4 is 5.73 Å². The van der Waals surface area contributed by atoms with Crippen molar-refractivity contribution in [3.8, 4) is 0 Å². The Morgan fingerprint density at radius 1 is 1.35 bits per heavy atom. The van der Waals surface area contributed by atoms with Crippen LogP contribution in [0, 0.1) is 12.8 Å². The van der Waals surface area contributed by atoms with Gasteiger partial charge in [-0.05, 0) is 18.4 Å². The Labute approximate surface area is 103 Å². The van der Waals surface area contributed by atoms with Crippen molar-refractivity contribution in [3.05, 3.63) is 35.4 Å². The standard InChI is InChI=1S/C14H20N2O/c1-10-3-5-12(6-4-10)7-14(17)16-8-11(2)13(15)9-16/h3-6,11,13H,7-9,15H2,1-2H3. The number of hydrogen-bond donors (Lipinski definition) is 1. The molecule has 1 aromatic rings. The Bertz CT molecular complexity index is 389. The van der Waals surface area contributed by atoms with Crippen LogP contribution in [0.2, 0.25) is 0 Å². The van der Waals surface area contributed by atoms with Crippen molar-refractivity contribution in [1.29, 1.82) is 0 Å². The highest BCUT2D eigenvalue weighted by Crippen LogP contribution is 2.16. The van der Waals surface area contributed by atoms with Gasteiger partial charge in [0.15, 0.2) is 0 Å². The van der Waals surface area contributed by atoms with E-state index in [0.29, 0.717) is 18.9 Å². The zero-order chi connectivity index (χ0) is 12.4. The van der Waals surface area contributed by atoms with E-state index in [1.807, 2.05) is 36.1 Å². The Balaban J connectivity index is 1.96. The fourth-order valence-electron chi connectivity index (χ4n) is 2.19. The van der Waals surface area contributed by atoms with Gasteiger partial charge in [0.05, 0.1) is 6.42 Å². The van der Waals surface area contributed by atoms with Gasteiger partial charge in [-0.3, -0.25) is 4.79 Å². The summed E-state index contributed by atoms with van der Waals surface area (Å²) in [5.41, 5.74) is 8.22. The van der Waals surface area contributed by atoms with Crippen LogP contribution in [0.3, 0.4) is 0 Å². The molecule has 17 heavy (non-hydrogen) atoms. The van der Waals surface area contributed by atoms with Gasteiger partial charge in [0.25, 0.3) is 0 Å². The zero-order valence-corrected chi connectivity index (χ0v) is 10.5. The molecule has 3 heteroatoms. The van der Waals surface area contributed by atoms with Crippen molar-refractivity contribution in [2.24, 2.45) is 11.7 Å². The number of nitrogens with two attached hydrogens (primary N) is 1. The van der Waals surface area contributed by atoms with Crippen LogP contribution in [0.4, 0.5) is 0 Å². The maximum Gasteiger partial charge on any atom is 0.227 e. The fourth-order valence-corrected chi connectivity index (χ4v) is 2.19. The summed E-state index contributed by atoms with van der Waals surface area (Å²) in [4.78, 5) is 13.9. The normalized spacial score (nSPS) is 24.1. The molecule has 0 aliphatic carbocycles. The number of nitrogens with zero attached hydrogens (tertiary/aromatic N) is 1. The van der Waals surface area contributed by atoms with E-state index in [9.17, 15) is 4.79 Å². The average molecular weight is 232 g/mol. The molecule has 0 radical (unpaired) electrons. The Morgan fingerprint density at radius 3 is 2.53 bits per heavy atom. The van der Waals surface area contributed by atoms with E-state index in [4.69, 9.17) is 5.73 Å². The largest absolute Gasteiger partial charge is 0.341 e. The second-order valence-electron chi connectivity index (χ2n) is 5.10. The van der Waals surface area contributed by atoms with Crippen LogP contribution in [0.15, 0.2) is 24.3 Å². The molecule has 1 amide bonds. The molecule has 1 aliphatic rings. The smallest absolute Gasteiger partial charge is 0.227 e. The van der Waals surface area contributed by atoms with Gasteiger partial charge in [-0.1, -0.05) is 36.8 Å². The molecule has 92 valence electrons. The van der Waals surface area contributed by atoms with E-state index >= 15 is 0 Å². The predicted octanol–water partition coefficient (Wildman–Crippen LogP) is 1.34. The monoisotopic (exact) mass is 232 g/mol. The van der Waals surface area contributed by atoms with Crippen molar-refractivity contribution in [2.75, 3.05) is 13.1 Å². The van der Waals surface area contributed by atoms with Crippen molar-refractivity contribution in [2.45, 2.75) is 26.3 Å². The summed E-state index contributed by atoms with van der Waals surface area (Å²) in [6.45, 7) is 5.65. The number of benzene rings is 1. The first-order valence-corrected chi connectivity index (χ1v) is 6.15. The topological polar surface area (TPSA) is 46.3 Å². The molecule has 0 saturated carbocycles. The number of carbonyl (C=O) groups excluding carboxylic acids is 1. The Morgan fingerprint density at radius 2 is 2.00 bits per heavy atom. The highest BCUT2D eigenvalue weighted by molar-refractivity contribution is 5.79. The van der Waals surface area contributed by atoms with E-state index < -0.39 is 0 Å². The summed E-state index contributed by atoms with van der Waals surface area (Å²) >= 11 is 0. The summed E-state index contributed by atoms with van der Waals surface area (Å²) in [6, 6.07) is 8.26. The predicted molar refractivity (Wildman–Crippen MR) is 68.6 cm³/mol. The molecule has 1 aliphatic heterocycles. The second-order valence-corrected chi connectivity index (χ2v) is 5.10. The second kappa shape index (κ2) is 4.88. The third kappa shape index (κ3) is 2.86. The SMILES string of the molecule is Cc1ccc(CC(=O)N2CC(C)C(N)C2)cc1.